The normalized spacial score (nSPS) is 13.1. The van der Waals surface area contributed by atoms with Crippen LogP contribution in [0.1, 0.15) is 20.8 Å². The lowest BCUT2D eigenvalue weighted by Gasteiger charge is -2.31. The Morgan fingerprint density at radius 1 is 0.600 bits per heavy atom. The van der Waals surface area contributed by atoms with Crippen LogP contribution in [0.5, 0.6) is 0 Å². The quantitative estimate of drug-likeness (QED) is 0.195. The van der Waals surface area contributed by atoms with Crippen LogP contribution in [0.2, 0.25) is 0 Å². The average Bonchev–Trinajstić information content (AvgIpc) is 3.62. The molecule has 0 aliphatic carbocycles. The predicted molar refractivity (Wildman–Crippen MR) is 186 cm³/mol. The zero-order valence-corrected chi connectivity index (χ0v) is 26.2. The molecule has 1 aliphatic rings. The molecule has 0 bridgehead atoms. The van der Waals surface area contributed by atoms with Crippen LogP contribution in [0.15, 0.2) is 149 Å². The van der Waals surface area contributed by atoms with E-state index in [1.807, 2.05) is 22.4 Å². The summed E-state index contributed by atoms with van der Waals surface area (Å²) in [6.07, 6.45) is 1.90. The van der Waals surface area contributed by atoms with Gasteiger partial charge in [-0.2, -0.15) is 5.06 Å². The van der Waals surface area contributed by atoms with Gasteiger partial charge in [0.25, 0.3) is 0 Å². The summed E-state index contributed by atoms with van der Waals surface area (Å²) < 4.78 is 2.29. The van der Waals surface area contributed by atoms with Crippen molar-refractivity contribution < 1.29 is 4.94 Å². The van der Waals surface area contributed by atoms with Crippen molar-refractivity contribution in [1.82, 2.24) is 9.55 Å². The van der Waals surface area contributed by atoms with E-state index in [2.05, 4.69) is 153 Å². The van der Waals surface area contributed by atoms with Crippen molar-refractivity contribution in [2.24, 2.45) is 0 Å². The Balaban J connectivity index is 1.18. The summed E-state index contributed by atoms with van der Waals surface area (Å²) >= 11 is 1.75. The topological polar surface area (TPSA) is 33.5 Å². The van der Waals surface area contributed by atoms with Crippen molar-refractivity contribution in [2.45, 2.75) is 36.1 Å². The number of fused-ring (bicyclic) bond motifs is 4. The number of hydroxylamine groups is 1. The minimum Gasteiger partial charge on any atom is -0.294 e. The molecule has 0 saturated carbocycles. The van der Waals surface area contributed by atoms with Gasteiger partial charge in [-0.1, -0.05) is 84.6 Å². The first-order chi connectivity index (χ1) is 21.9. The number of anilines is 3. The van der Waals surface area contributed by atoms with Gasteiger partial charge in [-0.15, -0.1) is 4.94 Å². The molecule has 0 radical (unpaired) electrons. The Morgan fingerprint density at radius 2 is 1.33 bits per heavy atom. The van der Waals surface area contributed by atoms with E-state index in [1.165, 1.54) is 16.3 Å². The molecule has 8 rings (SSSR count). The van der Waals surface area contributed by atoms with Crippen molar-refractivity contribution in [3.8, 4) is 16.9 Å². The summed E-state index contributed by atoms with van der Waals surface area (Å²) in [7, 11) is 0. The third kappa shape index (κ3) is 4.92. The molecule has 0 spiro atoms. The van der Waals surface area contributed by atoms with E-state index in [1.54, 1.807) is 11.8 Å². The van der Waals surface area contributed by atoms with E-state index < -0.39 is 0 Å². The largest absolute Gasteiger partial charge is 0.294 e. The van der Waals surface area contributed by atoms with Crippen LogP contribution in [0.25, 0.3) is 38.8 Å². The van der Waals surface area contributed by atoms with Crippen molar-refractivity contribution in [3.63, 3.8) is 0 Å². The van der Waals surface area contributed by atoms with Crippen LogP contribution in [0, 0.1) is 0 Å². The van der Waals surface area contributed by atoms with E-state index >= 15 is 0 Å². The number of aromatic nitrogens is 2. The van der Waals surface area contributed by atoms with Crippen LogP contribution < -0.4 is 10.1 Å². The molecule has 0 atom stereocenters. The maximum Gasteiger partial charge on any atom is 0.138 e. The predicted octanol–water partition coefficient (Wildman–Crippen LogP) is 10.6. The lowest BCUT2D eigenvalue weighted by atomic mass is 10.1. The number of pyridine rings is 1. The highest BCUT2D eigenvalue weighted by atomic mass is 32.2. The molecule has 45 heavy (non-hydrogen) atoms. The van der Waals surface area contributed by atoms with Gasteiger partial charge in [0.2, 0.25) is 0 Å². The Hall–Kier alpha value is -5.04. The molecule has 6 heteroatoms. The standard InChI is InChI=1S/C39H32N4OS/c1-39(2,3)43-36-19-10-9-18-35(36)42(44-43)29-14-11-15-30(25-29)45-31-20-21-33-32-16-7-8-17-34(32)41(37(33)26-31)38-24-28(22-23-40-38)27-12-5-4-6-13-27/h4-26H,1-3H3. The van der Waals surface area contributed by atoms with E-state index in [0.717, 1.165) is 49.3 Å². The average molecular weight is 605 g/mol. The molecular formula is C39H32N4OS. The van der Waals surface area contributed by atoms with Crippen molar-refractivity contribution in [1.29, 1.82) is 0 Å². The van der Waals surface area contributed by atoms with Crippen LogP contribution >= 0.6 is 11.8 Å². The van der Waals surface area contributed by atoms with Gasteiger partial charge in [-0.25, -0.2) is 10.0 Å². The zero-order chi connectivity index (χ0) is 30.5. The molecule has 2 aromatic heterocycles. The molecular weight excluding hydrogens is 573 g/mol. The van der Waals surface area contributed by atoms with Crippen molar-refractivity contribution in [2.75, 3.05) is 10.1 Å². The molecule has 0 unspecified atom stereocenters. The van der Waals surface area contributed by atoms with E-state index in [-0.39, 0.29) is 5.54 Å². The van der Waals surface area contributed by atoms with Crippen LogP contribution in [0.3, 0.4) is 0 Å². The number of nitrogens with zero attached hydrogens (tertiary/aromatic N) is 4. The molecule has 220 valence electrons. The highest BCUT2D eigenvalue weighted by molar-refractivity contribution is 7.99. The monoisotopic (exact) mass is 604 g/mol. The molecule has 0 fully saturated rings. The fraction of sp³-hybridized carbons (Fsp3) is 0.103. The Labute approximate surface area is 267 Å². The first kappa shape index (κ1) is 27.5. The van der Waals surface area contributed by atoms with Crippen molar-refractivity contribution in [3.05, 3.63) is 140 Å². The van der Waals surface area contributed by atoms with Gasteiger partial charge < -0.3 is 0 Å². The molecule has 5 aromatic carbocycles. The van der Waals surface area contributed by atoms with Gasteiger partial charge >= 0.3 is 0 Å². The second kappa shape index (κ2) is 10.8. The third-order valence-electron chi connectivity index (χ3n) is 8.11. The lowest BCUT2D eigenvalue weighted by Crippen LogP contribution is -2.41. The molecule has 0 saturated heterocycles. The maximum absolute atomic E-state index is 6.43. The highest BCUT2D eigenvalue weighted by Crippen LogP contribution is 2.45. The Kier molecular flexibility index (Phi) is 6.63. The van der Waals surface area contributed by atoms with Crippen LogP contribution in [-0.2, 0) is 4.94 Å². The lowest BCUT2D eigenvalue weighted by molar-refractivity contribution is 0.0842. The van der Waals surface area contributed by atoms with Gasteiger partial charge in [-0.05, 0) is 92.6 Å². The van der Waals surface area contributed by atoms with Gasteiger partial charge in [0.05, 0.1) is 33.6 Å². The first-order valence-corrected chi connectivity index (χ1v) is 16.0. The molecule has 0 N–H and O–H groups in total. The zero-order valence-electron chi connectivity index (χ0n) is 25.4. The highest BCUT2D eigenvalue weighted by Gasteiger charge is 2.35. The van der Waals surface area contributed by atoms with E-state index in [9.17, 15) is 0 Å². The number of rotatable bonds is 5. The Morgan fingerprint density at radius 3 is 2.18 bits per heavy atom. The minimum atomic E-state index is -0.194. The number of hydrogen-bond acceptors (Lipinski definition) is 5. The third-order valence-corrected chi connectivity index (χ3v) is 9.09. The fourth-order valence-electron chi connectivity index (χ4n) is 6.07. The smallest absolute Gasteiger partial charge is 0.138 e. The molecule has 1 aliphatic heterocycles. The second-order valence-corrected chi connectivity index (χ2v) is 13.4. The fourth-order valence-corrected chi connectivity index (χ4v) is 6.97. The Bertz CT molecular complexity index is 2180. The summed E-state index contributed by atoms with van der Waals surface area (Å²) in [6, 6.07) is 46.9. The van der Waals surface area contributed by atoms with Crippen molar-refractivity contribution >= 4 is 50.6 Å². The molecule has 0 amide bonds. The minimum absolute atomic E-state index is 0.194. The van der Waals surface area contributed by atoms with E-state index in [0.29, 0.717) is 0 Å². The second-order valence-electron chi connectivity index (χ2n) is 12.2. The maximum atomic E-state index is 6.43. The molecule has 7 aromatic rings. The number of para-hydroxylation sites is 3. The van der Waals surface area contributed by atoms with Gasteiger partial charge in [0, 0.05) is 26.8 Å². The SMILES string of the molecule is CC(C)(C)N1ON(c2cccc(Sc3ccc4c5ccccc5n(-c5cc(-c6ccccc6)ccn5)c4c3)c2)c2ccccc21. The molecule has 3 heterocycles. The summed E-state index contributed by atoms with van der Waals surface area (Å²) in [6.45, 7) is 6.47. The van der Waals surface area contributed by atoms with Crippen LogP contribution in [0.4, 0.5) is 17.1 Å². The number of benzene rings is 5. The van der Waals surface area contributed by atoms with Gasteiger partial charge in [-0.3, -0.25) is 4.57 Å². The summed E-state index contributed by atoms with van der Waals surface area (Å²) in [5.41, 5.74) is 7.47. The van der Waals surface area contributed by atoms with Gasteiger partial charge in [0.15, 0.2) is 0 Å². The van der Waals surface area contributed by atoms with E-state index in [4.69, 9.17) is 9.92 Å². The molecule has 5 nitrogen and oxygen atoms in total. The van der Waals surface area contributed by atoms with Crippen LogP contribution in [-0.4, -0.2) is 15.1 Å². The summed E-state index contributed by atoms with van der Waals surface area (Å²) in [5, 5.41) is 6.33. The summed E-state index contributed by atoms with van der Waals surface area (Å²) in [4.78, 5) is 13.6. The first-order valence-electron chi connectivity index (χ1n) is 15.1. The van der Waals surface area contributed by atoms with Gasteiger partial charge in [0.1, 0.15) is 5.82 Å². The summed E-state index contributed by atoms with van der Waals surface area (Å²) in [5.74, 6) is 0.903. The number of hydrogen-bond donors (Lipinski definition) is 0.